The third kappa shape index (κ3) is 6.51. The Morgan fingerprint density at radius 1 is 0.168 bits per heavy atom. The molecule has 3 unspecified atom stereocenters. The minimum atomic E-state index is -0.628. The van der Waals surface area contributed by atoms with E-state index in [1.807, 2.05) is 0 Å². The molecule has 18 aromatic carbocycles. The van der Waals surface area contributed by atoms with Crippen LogP contribution in [0.4, 0.5) is 0 Å². The first-order valence-electron chi connectivity index (χ1n) is 37.7. The van der Waals surface area contributed by atoms with Crippen LogP contribution in [0.25, 0.3) is 165 Å². The fraction of sp³-hybridized carbons (Fsp3) is 0.0286. The average Bonchev–Trinajstić information content (AvgIpc) is 1.51. The molecule has 3 atom stereocenters. The number of nitrogens with zero attached hydrogens (tertiary/aromatic N) is 2. The summed E-state index contributed by atoms with van der Waals surface area (Å²) in [6, 6.07) is 141. The molecule has 3 spiro atoms. The van der Waals surface area contributed by atoms with Crippen LogP contribution in [0.2, 0.25) is 0 Å². The molecule has 6 aliphatic rings. The maximum absolute atomic E-state index is 2.61. The molecule has 2 aliphatic heterocycles. The topological polar surface area (TPSA) is 9.86 Å². The normalized spacial score (nSPS) is 17.3. The third-order valence-electron chi connectivity index (χ3n) is 26.3. The Bertz CT molecular complexity index is 7210. The first kappa shape index (κ1) is 56.8. The highest BCUT2D eigenvalue weighted by molar-refractivity contribution is 6.24. The lowest BCUT2D eigenvalue weighted by Crippen LogP contribution is -2.33. The van der Waals surface area contributed by atoms with Crippen molar-refractivity contribution < 1.29 is 0 Å². The van der Waals surface area contributed by atoms with Crippen LogP contribution in [0.5, 0.6) is 0 Å². The molecule has 0 saturated heterocycles. The van der Waals surface area contributed by atoms with Gasteiger partial charge in [0.1, 0.15) is 0 Å². The fourth-order valence-electron chi connectivity index (χ4n) is 22.8. The van der Waals surface area contributed by atoms with Gasteiger partial charge < -0.3 is 9.13 Å². The summed E-state index contributed by atoms with van der Waals surface area (Å²) < 4.78 is 5.11. The highest BCUT2D eigenvalue weighted by Gasteiger charge is 2.56. The van der Waals surface area contributed by atoms with Crippen molar-refractivity contribution in [2.45, 2.75) is 16.2 Å². The minimum Gasteiger partial charge on any atom is -0.309 e. The quantitative estimate of drug-likeness (QED) is 0.156. The summed E-state index contributed by atoms with van der Waals surface area (Å²) in [6.45, 7) is 0. The van der Waals surface area contributed by atoms with E-state index in [1.54, 1.807) is 0 Å². The molecule has 0 N–H and O–H groups in total. The standard InChI is InChI=1S/C105H60N2/c1-2-27-62-61(26-1)58-59-72-65-28-3-9-43-81(65)105(100(62)72)84-46-12-6-33-77(84)99-78(42-25-51-89(99)105)96-70-36-19-34-63(68-38-21-49-87-97(68)75-31-4-10-44-82(75)103(87)85-47-13-17-56-94(85)106-92-54-15-7-29-66(92)73-40-23-52-90(103)101(73)106)79(70)60-80-64(35-20-37-71(80)96)69-39-22-50-88-98(69)76-32-5-11-45-83(76)104(88)86-48-14-18-57-95(86)107-93-55-16-8-30-67(93)74-41-24-53-91(104)102(74)107/h1-60H. The molecule has 0 fully saturated rings. The van der Waals surface area contributed by atoms with Crippen molar-refractivity contribution in [3.8, 4) is 89.3 Å². The Morgan fingerprint density at radius 3 is 1.04 bits per heavy atom. The molecular formula is C105H60N2. The van der Waals surface area contributed by atoms with E-state index in [1.165, 1.54) is 232 Å². The van der Waals surface area contributed by atoms with E-state index in [2.05, 4.69) is 373 Å². The van der Waals surface area contributed by atoms with Gasteiger partial charge in [-0.2, -0.15) is 0 Å². The van der Waals surface area contributed by atoms with Crippen molar-refractivity contribution in [2.75, 3.05) is 0 Å². The Hall–Kier alpha value is -13.7. The molecule has 0 amide bonds. The summed E-state index contributed by atoms with van der Waals surface area (Å²) in [5.41, 5.74) is 39.1. The van der Waals surface area contributed by atoms with Gasteiger partial charge in [-0.1, -0.05) is 334 Å². The van der Waals surface area contributed by atoms with E-state index in [-0.39, 0.29) is 0 Å². The monoisotopic (exact) mass is 1350 g/mol. The van der Waals surface area contributed by atoms with Gasteiger partial charge in [-0.05, 0) is 207 Å². The number of benzene rings is 18. The highest BCUT2D eigenvalue weighted by atomic mass is 15.0. The molecule has 107 heavy (non-hydrogen) atoms. The van der Waals surface area contributed by atoms with Gasteiger partial charge in [0, 0.05) is 21.5 Å². The summed E-state index contributed by atoms with van der Waals surface area (Å²) in [6.07, 6.45) is 0. The largest absolute Gasteiger partial charge is 0.309 e. The van der Waals surface area contributed by atoms with Gasteiger partial charge in [0.15, 0.2) is 0 Å². The molecule has 2 heteroatoms. The van der Waals surface area contributed by atoms with Crippen molar-refractivity contribution >= 4 is 75.9 Å². The second-order valence-electron chi connectivity index (χ2n) is 30.5. The van der Waals surface area contributed by atoms with Crippen LogP contribution in [0.3, 0.4) is 0 Å². The van der Waals surface area contributed by atoms with Crippen molar-refractivity contribution in [3.05, 3.63) is 431 Å². The van der Waals surface area contributed by atoms with Crippen LogP contribution in [-0.4, -0.2) is 9.13 Å². The molecule has 2 aromatic heterocycles. The van der Waals surface area contributed by atoms with Gasteiger partial charge in [-0.15, -0.1) is 0 Å². The molecule has 0 radical (unpaired) electrons. The van der Waals surface area contributed by atoms with Crippen LogP contribution >= 0.6 is 0 Å². The highest BCUT2D eigenvalue weighted by Crippen LogP contribution is 2.69. The Labute approximate surface area is 617 Å². The Balaban J connectivity index is 0.790. The molecular weight excluding hydrogens is 1290 g/mol. The molecule has 20 aromatic rings. The van der Waals surface area contributed by atoms with Gasteiger partial charge in [0.25, 0.3) is 0 Å². The van der Waals surface area contributed by atoms with Crippen LogP contribution in [-0.2, 0) is 16.2 Å². The fourth-order valence-corrected chi connectivity index (χ4v) is 22.8. The lowest BCUT2D eigenvalue weighted by molar-refractivity contribution is 0.748. The van der Waals surface area contributed by atoms with Crippen LogP contribution in [0.1, 0.15) is 66.8 Å². The summed E-state index contributed by atoms with van der Waals surface area (Å²) in [7, 11) is 0. The van der Waals surface area contributed by atoms with Crippen LogP contribution in [0, 0.1) is 0 Å². The molecule has 4 heterocycles. The van der Waals surface area contributed by atoms with Gasteiger partial charge >= 0.3 is 0 Å². The molecule has 0 saturated carbocycles. The van der Waals surface area contributed by atoms with E-state index in [0.717, 1.165) is 0 Å². The smallest absolute Gasteiger partial charge is 0.0754 e. The van der Waals surface area contributed by atoms with Crippen molar-refractivity contribution in [1.82, 2.24) is 9.13 Å². The van der Waals surface area contributed by atoms with Gasteiger partial charge in [0.2, 0.25) is 0 Å². The van der Waals surface area contributed by atoms with E-state index < -0.39 is 16.2 Å². The number of hydrogen-bond acceptors (Lipinski definition) is 0. The summed E-state index contributed by atoms with van der Waals surface area (Å²) in [5, 5.41) is 12.5. The lowest BCUT2D eigenvalue weighted by Gasteiger charge is -2.39. The van der Waals surface area contributed by atoms with E-state index in [0.29, 0.717) is 0 Å². The Morgan fingerprint density at radius 2 is 0.505 bits per heavy atom. The summed E-state index contributed by atoms with van der Waals surface area (Å²) >= 11 is 0. The van der Waals surface area contributed by atoms with Gasteiger partial charge in [-0.25, -0.2) is 0 Å². The maximum Gasteiger partial charge on any atom is 0.0754 e. The van der Waals surface area contributed by atoms with Crippen molar-refractivity contribution in [3.63, 3.8) is 0 Å². The predicted molar refractivity (Wildman–Crippen MR) is 442 cm³/mol. The number of hydrogen-bond donors (Lipinski definition) is 0. The first-order valence-corrected chi connectivity index (χ1v) is 37.7. The summed E-state index contributed by atoms with van der Waals surface area (Å²) in [4.78, 5) is 0. The van der Waals surface area contributed by atoms with E-state index in [4.69, 9.17) is 0 Å². The zero-order chi connectivity index (χ0) is 69.3. The number of rotatable bonds is 3. The lowest BCUT2D eigenvalue weighted by atomic mass is 9.65. The average molecular weight is 1350 g/mol. The molecule has 26 rings (SSSR count). The molecule has 490 valence electrons. The van der Waals surface area contributed by atoms with Crippen molar-refractivity contribution in [1.29, 1.82) is 0 Å². The number of fused-ring (bicyclic) bond motifs is 38. The Kier molecular flexibility index (Phi) is 10.6. The molecule has 2 nitrogen and oxygen atoms in total. The second-order valence-corrected chi connectivity index (χ2v) is 30.5. The zero-order valence-electron chi connectivity index (χ0n) is 58.0. The van der Waals surface area contributed by atoms with Crippen molar-refractivity contribution in [2.24, 2.45) is 0 Å². The van der Waals surface area contributed by atoms with E-state index in [9.17, 15) is 0 Å². The van der Waals surface area contributed by atoms with Gasteiger partial charge in [0.05, 0.1) is 49.7 Å². The molecule has 4 aliphatic carbocycles. The first-order chi connectivity index (χ1) is 53.2. The minimum absolute atomic E-state index is 0.597. The SMILES string of the molecule is c1ccc2c(c1)-c1ccc3ccccc3c1C21c2ccccc2-c2c(-c3c4cccc(-c5cccc6c5-c5ccccc5C65c6ccccc6-n6c7ccccc7c7cccc5c76)c4cc4c(-c5cccc6c5-c5ccccc5C65c6ccccc6-n6c7ccccc7c7cccc5c76)cccc34)cccc21. The summed E-state index contributed by atoms with van der Waals surface area (Å²) in [5.74, 6) is 0. The van der Waals surface area contributed by atoms with E-state index >= 15 is 0 Å². The second kappa shape index (κ2) is 20.0. The maximum atomic E-state index is 2.61. The zero-order valence-corrected chi connectivity index (χ0v) is 58.0. The van der Waals surface area contributed by atoms with Crippen LogP contribution < -0.4 is 0 Å². The molecule has 0 bridgehead atoms. The third-order valence-corrected chi connectivity index (χ3v) is 26.3. The van der Waals surface area contributed by atoms with Gasteiger partial charge in [-0.3, -0.25) is 0 Å². The predicted octanol–water partition coefficient (Wildman–Crippen LogP) is 26.0. The number of para-hydroxylation sites is 6. The number of aromatic nitrogens is 2. The van der Waals surface area contributed by atoms with Crippen LogP contribution in [0.15, 0.2) is 364 Å².